The van der Waals surface area contributed by atoms with Crippen molar-refractivity contribution in [3.8, 4) is 11.1 Å². The summed E-state index contributed by atoms with van der Waals surface area (Å²) in [5.74, 6) is 2.24. The second kappa shape index (κ2) is 7.93. The number of amidine groups is 1. The van der Waals surface area contributed by atoms with Gasteiger partial charge in [-0.25, -0.2) is 0 Å². The average Bonchev–Trinajstić information content (AvgIpc) is 3.42. The molecule has 3 aromatic rings. The van der Waals surface area contributed by atoms with E-state index in [-0.39, 0.29) is 0 Å². The molecule has 0 spiro atoms. The molecule has 1 N–H and O–H groups in total. The fraction of sp³-hybridized carbons (Fsp3) is 0.346. The first-order valence-corrected chi connectivity index (χ1v) is 11.6. The van der Waals surface area contributed by atoms with Crippen LogP contribution in [-0.2, 0) is 4.79 Å². The molecule has 0 bridgehead atoms. The maximum Gasteiger partial charge on any atom is 0.225 e. The van der Waals surface area contributed by atoms with E-state index in [2.05, 4.69) is 61.7 Å². The van der Waals surface area contributed by atoms with Gasteiger partial charge >= 0.3 is 0 Å². The molecule has 2 aliphatic heterocycles. The van der Waals surface area contributed by atoms with E-state index in [9.17, 15) is 4.79 Å². The van der Waals surface area contributed by atoms with Gasteiger partial charge in [0.1, 0.15) is 12.5 Å². The first-order valence-electron chi connectivity index (χ1n) is 11.6. The number of anilines is 1. The summed E-state index contributed by atoms with van der Waals surface area (Å²) in [5, 5.41) is 5.72. The van der Waals surface area contributed by atoms with Crippen LogP contribution in [0.1, 0.15) is 25.7 Å². The highest BCUT2D eigenvalue weighted by molar-refractivity contribution is 5.99. The molecule has 6 nitrogen and oxygen atoms in total. The Morgan fingerprint density at radius 2 is 1.88 bits per heavy atom. The topological polar surface area (TPSA) is 60.8 Å². The minimum Gasteiger partial charge on any atom is -0.342 e. The van der Waals surface area contributed by atoms with Crippen molar-refractivity contribution in [2.45, 2.75) is 25.7 Å². The summed E-state index contributed by atoms with van der Waals surface area (Å²) in [6, 6.07) is 19.0. The first-order chi connectivity index (χ1) is 15.7. The number of hydrazone groups is 1. The average molecular weight is 426 g/mol. The van der Waals surface area contributed by atoms with Crippen LogP contribution in [-0.4, -0.2) is 41.4 Å². The minimum absolute atomic E-state index is 0.312. The van der Waals surface area contributed by atoms with Gasteiger partial charge in [-0.2, -0.15) is 5.10 Å². The Balaban J connectivity index is 1.14. The summed E-state index contributed by atoms with van der Waals surface area (Å²) >= 11 is 0. The van der Waals surface area contributed by atoms with Gasteiger partial charge in [0.25, 0.3) is 0 Å². The van der Waals surface area contributed by atoms with Crippen LogP contribution in [0.25, 0.3) is 22.0 Å². The zero-order valence-corrected chi connectivity index (χ0v) is 18.1. The molecule has 1 saturated heterocycles. The molecule has 1 atom stereocenters. The molecule has 3 aliphatic rings. The number of pyridine rings is 1. The third kappa shape index (κ3) is 3.70. The molecule has 1 aliphatic carbocycles. The van der Waals surface area contributed by atoms with Gasteiger partial charge in [-0.15, -0.1) is 0 Å². The summed E-state index contributed by atoms with van der Waals surface area (Å²) in [7, 11) is 0. The molecule has 6 heteroatoms. The second-order valence-corrected chi connectivity index (χ2v) is 9.15. The largest absolute Gasteiger partial charge is 0.342 e. The van der Waals surface area contributed by atoms with Crippen molar-refractivity contribution in [2.24, 2.45) is 16.9 Å². The molecular formula is C26H27N5O. The number of nitrogens with zero attached hydrogens (tertiary/aromatic N) is 4. The van der Waals surface area contributed by atoms with Crippen molar-refractivity contribution in [1.29, 1.82) is 0 Å². The van der Waals surface area contributed by atoms with Crippen LogP contribution in [0.2, 0.25) is 0 Å². The van der Waals surface area contributed by atoms with Gasteiger partial charge in [0.15, 0.2) is 0 Å². The number of likely N-dealkylation sites (tertiary alicyclic amines) is 1. The standard InChI is InChI=1S/C26H27N5O/c32-26(20-5-6-20)30-12-11-18(16-30)13-25-29-28-17-31(25)23-9-7-19(8-10-23)22-14-21-3-1-2-4-24(21)27-15-22/h1-4,7-10,14-15,18,20,28H,5-6,11-13,16-17H2/t18-/m0/s1. The summed E-state index contributed by atoms with van der Waals surface area (Å²) < 4.78 is 0. The molecule has 32 heavy (non-hydrogen) atoms. The molecular weight excluding hydrogens is 398 g/mol. The third-order valence-corrected chi connectivity index (χ3v) is 6.85. The van der Waals surface area contributed by atoms with Crippen molar-refractivity contribution in [3.05, 3.63) is 60.8 Å². The maximum absolute atomic E-state index is 12.4. The summed E-state index contributed by atoms with van der Waals surface area (Å²) in [6.45, 7) is 2.45. The van der Waals surface area contributed by atoms with E-state index < -0.39 is 0 Å². The molecule has 2 aromatic carbocycles. The van der Waals surface area contributed by atoms with Gasteiger partial charge in [0.05, 0.1) is 5.52 Å². The molecule has 3 heterocycles. The molecule has 1 aromatic heterocycles. The lowest BCUT2D eigenvalue weighted by molar-refractivity contribution is -0.131. The molecule has 0 radical (unpaired) electrons. The number of carbonyl (C=O) groups is 1. The number of rotatable bonds is 5. The van der Waals surface area contributed by atoms with Gasteiger partial charge in [-0.1, -0.05) is 30.3 Å². The van der Waals surface area contributed by atoms with Crippen LogP contribution < -0.4 is 10.3 Å². The van der Waals surface area contributed by atoms with Gasteiger partial charge in [0.2, 0.25) is 5.91 Å². The Labute approximate surface area is 187 Å². The van der Waals surface area contributed by atoms with Crippen molar-refractivity contribution in [2.75, 3.05) is 24.7 Å². The summed E-state index contributed by atoms with van der Waals surface area (Å²) in [6.07, 6.45) is 6.07. The smallest absolute Gasteiger partial charge is 0.225 e. The van der Waals surface area contributed by atoms with E-state index in [0.29, 0.717) is 24.4 Å². The highest BCUT2D eigenvalue weighted by Gasteiger charge is 2.37. The quantitative estimate of drug-likeness (QED) is 0.665. The fourth-order valence-electron chi connectivity index (χ4n) is 4.85. The van der Waals surface area contributed by atoms with E-state index >= 15 is 0 Å². The Morgan fingerprint density at radius 1 is 1.03 bits per heavy atom. The Hall–Kier alpha value is -3.41. The maximum atomic E-state index is 12.4. The lowest BCUT2D eigenvalue weighted by atomic mass is 10.0. The predicted octanol–water partition coefficient (Wildman–Crippen LogP) is 4.23. The molecule has 162 valence electrons. The Morgan fingerprint density at radius 3 is 2.72 bits per heavy atom. The lowest BCUT2D eigenvalue weighted by Gasteiger charge is -2.22. The van der Waals surface area contributed by atoms with Crippen LogP contribution in [0.4, 0.5) is 5.69 Å². The van der Waals surface area contributed by atoms with Crippen molar-refractivity contribution >= 4 is 28.3 Å². The number of benzene rings is 2. The zero-order valence-electron chi connectivity index (χ0n) is 18.1. The number of carbonyl (C=O) groups excluding carboxylic acids is 1. The monoisotopic (exact) mass is 425 g/mol. The predicted molar refractivity (Wildman–Crippen MR) is 127 cm³/mol. The number of aromatic nitrogens is 1. The minimum atomic E-state index is 0.312. The number of fused-ring (bicyclic) bond motifs is 1. The van der Waals surface area contributed by atoms with Gasteiger partial charge in [-0.05, 0) is 55.0 Å². The van der Waals surface area contributed by atoms with Gasteiger partial charge < -0.3 is 9.80 Å². The molecule has 1 saturated carbocycles. The van der Waals surface area contributed by atoms with E-state index in [4.69, 9.17) is 0 Å². The van der Waals surface area contributed by atoms with Crippen molar-refractivity contribution in [1.82, 2.24) is 15.3 Å². The number of hydrogen-bond acceptors (Lipinski definition) is 5. The fourth-order valence-corrected chi connectivity index (χ4v) is 4.85. The number of nitrogens with one attached hydrogen (secondary N) is 1. The molecule has 2 fully saturated rings. The van der Waals surface area contributed by atoms with Crippen LogP contribution in [0, 0.1) is 11.8 Å². The molecule has 1 amide bonds. The zero-order chi connectivity index (χ0) is 21.5. The van der Waals surface area contributed by atoms with Gasteiger partial charge in [-0.3, -0.25) is 15.2 Å². The first kappa shape index (κ1) is 19.3. The van der Waals surface area contributed by atoms with Crippen LogP contribution in [0.15, 0.2) is 65.9 Å². The van der Waals surface area contributed by atoms with E-state index in [1.807, 2.05) is 24.4 Å². The van der Waals surface area contributed by atoms with E-state index in [1.165, 1.54) is 0 Å². The number of para-hydroxylation sites is 1. The molecule has 0 unspecified atom stereocenters. The third-order valence-electron chi connectivity index (χ3n) is 6.85. The van der Waals surface area contributed by atoms with Crippen LogP contribution in [0.5, 0.6) is 0 Å². The van der Waals surface area contributed by atoms with Crippen molar-refractivity contribution < 1.29 is 4.79 Å². The highest BCUT2D eigenvalue weighted by atomic mass is 16.2. The van der Waals surface area contributed by atoms with Gasteiger partial charge in [0, 0.05) is 48.3 Å². The van der Waals surface area contributed by atoms with Crippen molar-refractivity contribution in [3.63, 3.8) is 0 Å². The summed E-state index contributed by atoms with van der Waals surface area (Å²) in [4.78, 5) is 21.3. The highest BCUT2D eigenvalue weighted by Crippen LogP contribution is 2.34. The Kier molecular flexibility index (Phi) is 4.78. The number of amides is 1. The van der Waals surface area contributed by atoms with Crippen LogP contribution >= 0.6 is 0 Å². The molecule has 6 rings (SSSR count). The Bertz CT molecular complexity index is 1180. The van der Waals surface area contributed by atoms with E-state index in [1.54, 1.807) is 0 Å². The second-order valence-electron chi connectivity index (χ2n) is 9.15. The normalized spacial score (nSPS) is 20.5. The van der Waals surface area contributed by atoms with E-state index in [0.717, 1.165) is 72.3 Å². The number of hydrogen-bond donors (Lipinski definition) is 1. The summed E-state index contributed by atoms with van der Waals surface area (Å²) in [5.41, 5.74) is 7.57. The SMILES string of the molecule is O=C(C1CC1)N1CC[C@@H](CC2=NNCN2c2ccc(-c3cnc4ccccc4c3)cc2)C1. The lowest BCUT2D eigenvalue weighted by Crippen LogP contribution is -2.32. The van der Waals surface area contributed by atoms with Crippen LogP contribution in [0.3, 0.4) is 0 Å².